The topological polar surface area (TPSA) is 71.5 Å². The van der Waals surface area contributed by atoms with Gasteiger partial charge in [-0.05, 0) is 30.7 Å². The first-order valence-electron chi connectivity index (χ1n) is 9.91. The number of carbonyl (C=O) groups excluding carboxylic acids is 2. The highest BCUT2D eigenvalue weighted by Crippen LogP contribution is 2.25. The Balaban J connectivity index is 1.64. The predicted molar refractivity (Wildman–Crippen MR) is 120 cm³/mol. The molecule has 0 radical (unpaired) electrons. The lowest BCUT2D eigenvalue weighted by molar-refractivity contribution is -0.134. The summed E-state index contributed by atoms with van der Waals surface area (Å²) in [6.07, 6.45) is 0.799. The number of hydrogen-bond acceptors (Lipinski definition) is 5. The van der Waals surface area contributed by atoms with Crippen molar-refractivity contribution in [1.29, 1.82) is 0 Å². The molecule has 162 valence electrons. The number of rotatable bonds is 9. The highest BCUT2D eigenvalue weighted by atomic mass is 32.1. The fourth-order valence-corrected chi connectivity index (χ4v) is 3.90. The van der Waals surface area contributed by atoms with Crippen LogP contribution in [0.5, 0.6) is 5.75 Å². The number of hydrogen-bond donors (Lipinski definition) is 1. The maximum absolute atomic E-state index is 13.5. The van der Waals surface area contributed by atoms with E-state index in [1.54, 1.807) is 35.7 Å². The quantitative estimate of drug-likeness (QED) is 0.535. The van der Waals surface area contributed by atoms with Crippen LogP contribution in [0.3, 0.4) is 0 Å². The molecule has 0 saturated heterocycles. The Morgan fingerprint density at radius 3 is 2.74 bits per heavy atom. The highest BCUT2D eigenvalue weighted by molar-refractivity contribution is 7.13. The number of nitrogens with zero attached hydrogens (tertiary/aromatic N) is 2. The smallest absolute Gasteiger partial charge is 0.244 e. The Hall–Kier alpha value is -3.26. The van der Waals surface area contributed by atoms with E-state index < -0.39 is 0 Å². The van der Waals surface area contributed by atoms with Crippen LogP contribution >= 0.6 is 11.3 Å². The molecule has 0 unspecified atom stereocenters. The number of thiazole rings is 1. The molecule has 6 nitrogen and oxygen atoms in total. The van der Waals surface area contributed by atoms with Gasteiger partial charge in [0.1, 0.15) is 16.6 Å². The van der Waals surface area contributed by atoms with Crippen LogP contribution in [0.25, 0.3) is 10.6 Å². The van der Waals surface area contributed by atoms with Gasteiger partial charge in [-0.2, -0.15) is 0 Å². The van der Waals surface area contributed by atoms with E-state index in [-0.39, 0.29) is 30.6 Å². The number of methoxy groups -OCH3 is 1. The second-order valence-electron chi connectivity index (χ2n) is 6.89. The minimum atomic E-state index is -0.333. The van der Waals surface area contributed by atoms with Crippen LogP contribution in [0.2, 0.25) is 0 Å². The number of anilines is 1. The largest absolute Gasteiger partial charge is 0.495 e. The van der Waals surface area contributed by atoms with Crippen LogP contribution in [-0.2, 0) is 16.0 Å². The summed E-state index contributed by atoms with van der Waals surface area (Å²) >= 11 is 1.36. The van der Waals surface area contributed by atoms with Gasteiger partial charge in [0.2, 0.25) is 11.8 Å². The first-order valence-corrected chi connectivity index (χ1v) is 10.8. The first-order chi connectivity index (χ1) is 15.0. The number of ether oxygens (including phenoxy) is 1. The molecule has 0 aliphatic heterocycles. The van der Waals surface area contributed by atoms with Crippen molar-refractivity contribution >= 4 is 28.8 Å². The number of para-hydroxylation sites is 2. The Morgan fingerprint density at radius 2 is 2.00 bits per heavy atom. The van der Waals surface area contributed by atoms with Crippen LogP contribution in [0.4, 0.5) is 10.1 Å². The lowest BCUT2D eigenvalue weighted by Crippen LogP contribution is -2.39. The Bertz CT molecular complexity index is 1050. The van der Waals surface area contributed by atoms with Crippen molar-refractivity contribution in [2.75, 3.05) is 25.5 Å². The molecule has 0 aliphatic rings. The Kier molecular flexibility index (Phi) is 7.72. The van der Waals surface area contributed by atoms with E-state index in [9.17, 15) is 14.0 Å². The van der Waals surface area contributed by atoms with E-state index in [0.29, 0.717) is 34.2 Å². The molecular formula is C23H24FN3O3S. The summed E-state index contributed by atoms with van der Waals surface area (Å²) in [6, 6.07) is 13.3. The van der Waals surface area contributed by atoms with Gasteiger partial charge in [-0.15, -0.1) is 11.3 Å². The third-order valence-electron chi connectivity index (χ3n) is 4.52. The van der Waals surface area contributed by atoms with E-state index >= 15 is 0 Å². The maximum atomic E-state index is 13.5. The van der Waals surface area contributed by atoms with Gasteiger partial charge in [0, 0.05) is 17.5 Å². The summed E-state index contributed by atoms with van der Waals surface area (Å²) in [5.74, 6) is -0.268. The van der Waals surface area contributed by atoms with E-state index in [4.69, 9.17) is 4.74 Å². The van der Waals surface area contributed by atoms with Gasteiger partial charge in [0.15, 0.2) is 0 Å². The fourth-order valence-electron chi connectivity index (χ4n) is 3.08. The Morgan fingerprint density at radius 1 is 1.19 bits per heavy atom. The lowest BCUT2D eigenvalue weighted by Gasteiger charge is -2.21. The molecule has 8 heteroatoms. The van der Waals surface area contributed by atoms with Gasteiger partial charge < -0.3 is 15.0 Å². The molecule has 3 aromatic rings. The Labute approximate surface area is 184 Å². The van der Waals surface area contributed by atoms with Gasteiger partial charge in [-0.1, -0.05) is 31.2 Å². The molecule has 1 aromatic heterocycles. The number of halogens is 1. The maximum Gasteiger partial charge on any atom is 0.244 e. The van der Waals surface area contributed by atoms with Gasteiger partial charge in [0.05, 0.1) is 31.5 Å². The van der Waals surface area contributed by atoms with Crippen molar-refractivity contribution in [2.24, 2.45) is 0 Å². The monoisotopic (exact) mass is 441 g/mol. The molecule has 31 heavy (non-hydrogen) atoms. The molecule has 0 atom stereocenters. The second-order valence-corrected chi connectivity index (χ2v) is 7.75. The molecule has 2 aromatic carbocycles. The molecule has 0 bridgehead atoms. The molecule has 0 spiro atoms. The number of amides is 2. The number of nitrogens with one attached hydrogen (secondary N) is 1. The van der Waals surface area contributed by atoms with Gasteiger partial charge in [-0.3, -0.25) is 9.59 Å². The van der Waals surface area contributed by atoms with Crippen molar-refractivity contribution in [3.8, 4) is 16.3 Å². The van der Waals surface area contributed by atoms with E-state index in [1.807, 2.05) is 13.0 Å². The van der Waals surface area contributed by atoms with Crippen LogP contribution in [0, 0.1) is 5.82 Å². The van der Waals surface area contributed by atoms with Crippen LogP contribution < -0.4 is 10.1 Å². The third kappa shape index (κ3) is 6.11. The van der Waals surface area contributed by atoms with E-state index in [2.05, 4.69) is 10.3 Å². The predicted octanol–water partition coefficient (Wildman–Crippen LogP) is 4.38. The minimum absolute atomic E-state index is 0.0639. The van der Waals surface area contributed by atoms with Crippen LogP contribution in [-0.4, -0.2) is 41.9 Å². The molecule has 3 rings (SSSR count). The molecular weight excluding hydrogens is 417 g/mol. The summed E-state index contributed by atoms with van der Waals surface area (Å²) in [4.78, 5) is 31.4. The molecule has 0 aliphatic carbocycles. The zero-order valence-electron chi connectivity index (χ0n) is 17.4. The summed E-state index contributed by atoms with van der Waals surface area (Å²) in [6.45, 7) is 2.34. The summed E-state index contributed by atoms with van der Waals surface area (Å²) < 4.78 is 18.7. The normalized spacial score (nSPS) is 10.5. The first kappa shape index (κ1) is 22.4. The van der Waals surface area contributed by atoms with Crippen molar-refractivity contribution in [1.82, 2.24) is 9.88 Å². The highest BCUT2D eigenvalue weighted by Gasteiger charge is 2.19. The molecule has 0 saturated carbocycles. The van der Waals surface area contributed by atoms with Gasteiger partial charge in [0.25, 0.3) is 0 Å². The van der Waals surface area contributed by atoms with Crippen molar-refractivity contribution in [3.63, 3.8) is 0 Å². The van der Waals surface area contributed by atoms with E-state index in [1.165, 1.54) is 35.5 Å². The van der Waals surface area contributed by atoms with E-state index in [0.717, 1.165) is 6.42 Å². The number of aromatic nitrogens is 1. The number of benzene rings is 2. The average Bonchev–Trinajstić information content (AvgIpc) is 3.22. The zero-order chi connectivity index (χ0) is 22.2. The van der Waals surface area contributed by atoms with Crippen LogP contribution in [0.15, 0.2) is 53.9 Å². The van der Waals surface area contributed by atoms with Crippen LogP contribution in [0.1, 0.15) is 19.0 Å². The average molecular weight is 442 g/mol. The fraction of sp³-hybridized carbons (Fsp3) is 0.261. The molecule has 0 fully saturated rings. The molecule has 1 heterocycles. The standard InChI is InChI=1S/C23H24FN3O3S/c1-3-11-27(14-21(28)26-19-9-4-5-10-20(19)30-2)22(29)13-18-15-31-23(25-18)16-7-6-8-17(24)12-16/h4-10,12,15H,3,11,13-14H2,1-2H3,(H,26,28). The van der Waals surface area contributed by atoms with Crippen molar-refractivity contribution in [3.05, 3.63) is 65.4 Å². The number of carbonyl (C=O) groups is 2. The van der Waals surface area contributed by atoms with Crippen molar-refractivity contribution in [2.45, 2.75) is 19.8 Å². The summed E-state index contributed by atoms with van der Waals surface area (Å²) in [7, 11) is 1.53. The SMILES string of the molecule is CCCN(CC(=O)Nc1ccccc1OC)C(=O)Cc1csc(-c2cccc(F)c2)n1. The summed E-state index contributed by atoms with van der Waals surface area (Å²) in [5.41, 5.74) is 1.82. The molecule has 2 amide bonds. The summed E-state index contributed by atoms with van der Waals surface area (Å²) in [5, 5.41) is 5.23. The zero-order valence-corrected chi connectivity index (χ0v) is 18.2. The lowest BCUT2D eigenvalue weighted by atomic mass is 10.2. The molecule has 1 N–H and O–H groups in total. The van der Waals surface area contributed by atoms with Gasteiger partial charge >= 0.3 is 0 Å². The van der Waals surface area contributed by atoms with Gasteiger partial charge in [-0.25, -0.2) is 9.37 Å². The third-order valence-corrected chi connectivity index (χ3v) is 5.46. The van der Waals surface area contributed by atoms with Crippen molar-refractivity contribution < 1.29 is 18.7 Å². The minimum Gasteiger partial charge on any atom is -0.495 e. The second kappa shape index (κ2) is 10.7.